The standard InChI is InChI=1S/C18H18N2O2/c1-18(2,3)19-10-14-16(21)13-9-8-11-6-4-5-7-12(11)15(13)20-17(14)22/h4-10,19H,1-3H3,(H,20,22)/b14-10+. The number of nitrogens with one attached hydrogen (secondary N) is 2. The van der Waals surface area contributed by atoms with Crippen LogP contribution < -0.4 is 10.6 Å². The molecule has 0 fully saturated rings. The number of rotatable bonds is 1. The Morgan fingerprint density at radius 1 is 1.05 bits per heavy atom. The van der Waals surface area contributed by atoms with Crippen molar-refractivity contribution in [2.24, 2.45) is 0 Å². The van der Waals surface area contributed by atoms with Crippen LogP contribution in [-0.4, -0.2) is 17.2 Å². The third-order valence-electron chi connectivity index (χ3n) is 3.55. The number of anilines is 1. The second-order valence-corrected chi connectivity index (χ2v) is 6.44. The maximum absolute atomic E-state index is 12.6. The van der Waals surface area contributed by atoms with E-state index in [1.807, 2.05) is 51.1 Å². The fourth-order valence-corrected chi connectivity index (χ4v) is 2.44. The van der Waals surface area contributed by atoms with Crippen LogP contribution in [0.2, 0.25) is 0 Å². The Morgan fingerprint density at radius 2 is 1.77 bits per heavy atom. The molecule has 0 aliphatic carbocycles. The summed E-state index contributed by atoms with van der Waals surface area (Å²) in [5, 5.41) is 7.80. The van der Waals surface area contributed by atoms with Gasteiger partial charge in [0.2, 0.25) is 5.78 Å². The second kappa shape index (κ2) is 4.98. The van der Waals surface area contributed by atoms with Gasteiger partial charge in [0.05, 0.1) is 5.69 Å². The van der Waals surface area contributed by atoms with Gasteiger partial charge >= 0.3 is 0 Å². The summed E-state index contributed by atoms with van der Waals surface area (Å²) in [6, 6.07) is 11.4. The quantitative estimate of drug-likeness (QED) is 0.627. The van der Waals surface area contributed by atoms with Crippen LogP contribution in [0.15, 0.2) is 48.2 Å². The van der Waals surface area contributed by atoms with Crippen LogP contribution >= 0.6 is 0 Å². The highest BCUT2D eigenvalue weighted by Crippen LogP contribution is 2.32. The molecule has 112 valence electrons. The van der Waals surface area contributed by atoms with Crippen LogP contribution in [-0.2, 0) is 4.79 Å². The maximum Gasteiger partial charge on any atom is 0.261 e. The molecule has 0 unspecified atom stereocenters. The maximum atomic E-state index is 12.6. The largest absolute Gasteiger partial charge is 0.386 e. The van der Waals surface area contributed by atoms with Crippen molar-refractivity contribution in [1.82, 2.24) is 5.32 Å². The summed E-state index contributed by atoms with van der Waals surface area (Å²) in [6.07, 6.45) is 1.51. The molecule has 4 nitrogen and oxygen atoms in total. The molecular formula is C18H18N2O2. The van der Waals surface area contributed by atoms with E-state index in [0.29, 0.717) is 11.3 Å². The van der Waals surface area contributed by atoms with Gasteiger partial charge < -0.3 is 10.6 Å². The van der Waals surface area contributed by atoms with Gasteiger partial charge in [-0.05, 0) is 32.2 Å². The number of carbonyl (C=O) groups excluding carboxylic acids is 2. The summed E-state index contributed by atoms with van der Waals surface area (Å²) < 4.78 is 0. The summed E-state index contributed by atoms with van der Waals surface area (Å²) in [7, 11) is 0. The lowest BCUT2D eigenvalue weighted by Crippen LogP contribution is -2.35. The molecule has 1 amide bonds. The molecule has 0 radical (unpaired) electrons. The SMILES string of the molecule is CC(C)(C)N/C=C1/C(=O)Nc2c(ccc3ccccc23)C1=O. The van der Waals surface area contributed by atoms with Crippen molar-refractivity contribution in [3.63, 3.8) is 0 Å². The van der Waals surface area contributed by atoms with E-state index in [-0.39, 0.29) is 22.8 Å². The predicted octanol–water partition coefficient (Wildman–Crippen LogP) is 3.25. The molecule has 22 heavy (non-hydrogen) atoms. The van der Waals surface area contributed by atoms with Gasteiger partial charge in [0.15, 0.2) is 0 Å². The summed E-state index contributed by atoms with van der Waals surface area (Å²) in [4.78, 5) is 24.9. The van der Waals surface area contributed by atoms with E-state index < -0.39 is 0 Å². The lowest BCUT2D eigenvalue weighted by Gasteiger charge is -2.23. The van der Waals surface area contributed by atoms with E-state index in [2.05, 4.69) is 10.6 Å². The van der Waals surface area contributed by atoms with Gasteiger partial charge in [0.25, 0.3) is 5.91 Å². The molecule has 0 saturated heterocycles. The number of benzene rings is 2. The molecule has 4 heteroatoms. The second-order valence-electron chi connectivity index (χ2n) is 6.44. The van der Waals surface area contributed by atoms with E-state index >= 15 is 0 Å². The first-order chi connectivity index (χ1) is 10.4. The highest BCUT2D eigenvalue weighted by atomic mass is 16.2. The Morgan fingerprint density at radius 3 is 2.50 bits per heavy atom. The van der Waals surface area contributed by atoms with Crippen LogP contribution in [0, 0.1) is 0 Å². The number of hydrogen-bond acceptors (Lipinski definition) is 3. The number of fused-ring (bicyclic) bond motifs is 3. The van der Waals surface area contributed by atoms with Gasteiger partial charge in [-0.3, -0.25) is 9.59 Å². The van der Waals surface area contributed by atoms with Crippen LogP contribution in [0.3, 0.4) is 0 Å². The molecule has 2 N–H and O–H groups in total. The van der Waals surface area contributed by atoms with Gasteiger partial charge in [-0.15, -0.1) is 0 Å². The van der Waals surface area contributed by atoms with Crippen LogP contribution in [0.1, 0.15) is 31.1 Å². The van der Waals surface area contributed by atoms with Crippen LogP contribution in [0.25, 0.3) is 10.8 Å². The summed E-state index contributed by atoms with van der Waals surface area (Å²) in [6.45, 7) is 5.91. The monoisotopic (exact) mass is 294 g/mol. The van der Waals surface area contributed by atoms with Crippen molar-refractivity contribution >= 4 is 28.2 Å². The van der Waals surface area contributed by atoms with E-state index in [1.54, 1.807) is 6.07 Å². The number of carbonyl (C=O) groups is 2. The molecule has 1 heterocycles. The third-order valence-corrected chi connectivity index (χ3v) is 3.55. The van der Waals surface area contributed by atoms with Crippen LogP contribution in [0.5, 0.6) is 0 Å². The van der Waals surface area contributed by atoms with Gasteiger partial charge in [-0.2, -0.15) is 0 Å². The average Bonchev–Trinajstić information content (AvgIpc) is 2.45. The Labute approximate surface area is 129 Å². The first-order valence-corrected chi connectivity index (χ1v) is 7.22. The summed E-state index contributed by atoms with van der Waals surface area (Å²) >= 11 is 0. The lowest BCUT2D eigenvalue weighted by molar-refractivity contribution is -0.112. The smallest absolute Gasteiger partial charge is 0.261 e. The van der Waals surface area contributed by atoms with Gasteiger partial charge in [-0.25, -0.2) is 0 Å². The zero-order valence-electron chi connectivity index (χ0n) is 12.9. The van der Waals surface area contributed by atoms with E-state index in [4.69, 9.17) is 0 Å². The zero-order chi connectivity index (χ0) is 15.9. The molecule has 1 aliphatic rings. The first kappa shape index (κ1) is 14.3. The molecule has 0 spiro atoms. The van der Waals surface area contributed by atoms with Crippen molar-refractivity contribution in [2.75, 3.05) is 5.32 Å². The van der Waals surface area contributed by atoms with E-state index in [0.717, 1.165) is 10.8 Å². The first-order valence-electron chi connectivity index (χ1n) is 7.22. The fraction of sp³-hybridized carbons (Fsp3) is 0.222. The molecule has 3 rings (SSSR count). The minimum atomic E-state index is -0.370. The molecule has 0 atom stereocenters. The van der Waals surface area contributed by atoms with Crippen molar-refractivity contribution in [1.29, 1.82) is 0 Å². The fourth-order valence-electron chi connectivity index (χ4n) is 2.44. The highest BCUT2D eigenvalue weighted by Gasteiger charge is 2.29. The number of hydrogen-bond donors (Lipinski definition) is 2. The topological polar surface area (TPSA) is 58.2 Å². The predicted molar refractivity (Wildman–Crippen MR) is 87.9 cm³/mol. The number of ketones is 1. The molecule has 1 aliphatic heterocycles. The van der Waals surface area contributed by atoms with E-state index in [1.165, 1.54) is 6.20 Å². The Bertz CT molecular complexity index is 813. The lowest BCUT2D eigenvalue weighted by atomic mass is 9.93. The summed E-state index contributed by atoms with van der Waals surface area (Å²) in [5.74, 6) is -0.619. The number of Topliss-reactive ketones (excluding diaryl/α,β-unsaturated/α-hetero) is 1. The number of amides is 1. The van der Waals surface area contributed by atoms with Crippen molar-refractivity contribution < 1.29 is 9.59 Å². The van der Waals surface area contributed by atoms with Crippen molar-refractivity contribution in [3.8, 4) is 0 Å². The Hall–Kier alpha value is -2.62. The zero-order valence-corrected chi connectivity index (χ0v) is 12.9. The minimum Gasteiger partial charge on any atom is -0.386 e. The molecule has 2 aromatic carbocycles. The van der Waals surface area contributed by atoms with Gasteiger partial charge in [0, 0.05) is 22.7 Å². The van der Waals surface area contributed by atoms with Gasteiger partial charge in [0.1, 0.15) is 5.57 Å². The molecule has 0 bridgehead atoms. The average molecular weight is 294 g/mol. The highest BCUT2D eigenvalue weighted by molar-refractivity contribution is 6.36. The molecule has 0 aromatic heterocycles. The summed E-state index contributed by atoms with van der Waals surface area (Å²) in [5.41, 5.74) is 1.05. The van der Waals surface area contributed by atoms with E-state index in [9.17, 15) is 9.59 Å². The normalized spacial score (nSPS) is 16.6. The van der Waals surface area contributed by atoms with Crippen molar-refractivity contribution in [2.45, 2.75) is 26.3 Å². The molecular weight excluding hydrogens is 276 g/mol. The van der Waals surface area contributed by atoms with Gasteiger partial charge in [-0.1, -0.05) is 30.3 Å². The third kappa shape index (κ3) is 2.48. The van der Waals surface area contributed by atoms with Crippen molar-refractivity contribution in [3.05, 3.63) is 53.7 Å². The minimum absolute atomic E-state index is 0.137. The molecule has 0 saturated carbocycles. The Balaban J connectivity index is 2.10. The molecule has 2 aromatic rings. The van der Waals surface area contributed by atoms with Crippen LogP contribution in [0.4, 0.5) is 5.69 Å². The Kier molecular flexibility index (Phi) is 3.24.